The van der Waals surface area contributed by atoms with Crippen LogP contribution in [0, 0.1) is 0 Å². The van der Waals surface area contributed by atoms with E-state index in [-0.39, 0.29) is 0 Å². The molecule has 0 N–H and O–H groups in total. The highest BCUT2D eigenvalue weighted by Crippen LogP contribution is 2.26. The highest BCUT2D eigenvalue weighted by molar-refractivity contribution is 6.33. The number of anilines is 1. The van der Waals surface area contributed by atoms with Crippen molar-refractivity contribution >= 4 is 17.3 Å². The summed E-state index contributed by atoms with van der Waals surface area (Å²) in [5, 5.41) is 4.97. The molecule has 0 unspecified atom stereocenters. The fourth-order valence-electron chi connectivity index (χ4n) is 3.74. The van der Waals surface area contributed by atoms with Crippen LogP contribution in [0.4, 0.5) is 5.69 Å². The number of hydrogen-bond donors (Lipinski definition) is 0. The van der Waals surface area contributed by atoms with Crippen LogP contribution in [0.2, 0.25) is 5.02 Å². The largest absolute Gasteiger partial charge is 0.494 e. The summed E-state index contributed by atoms with van der Waals surface area (Å²) in [5.74, 6) is 0.922. The van der Waals surface area contributed by atoms with Gasteiger partial charge in [0.1, 0.15) is 18.4 Å². The number of ether oxygens (including phenoxy) is 1. The minimum atomic E-state index is 0.726. The second-order valence-electron chi connectivity index (χ2n) is 7.57. The summed E-state index contributed by atoms with van der Waals surface area (Å²) in [6.07, 6.45) is 5.49. The monoisotopic (exact) mass is 425 g/mol. The molecular formula is C23H28ClN5O. The van der Waals surface area contributed by atoms with Crippen LogP contribution in [0.25, 0.3) is 0 Å². The molecule has 0 bridgehead atoms. The highest BCUT2D eigenvalue weighted by Gasteiger charge is 2.18. The van der Waals surface area contributed by atoms with Crippen LogP contribution in [-0.4, -0.2) is 59.0 Å². The maximum absolute atomic E-state index is 6.33. The summed E-state index contributed by atoms with van der Waals surface area (Å²) in [7, 11) is 0. The molecule has 3 aromatic rings. The summed E-state index contributed by atoms with van der Waals surface area (Å²) >= 11 is 6.33. The van der Waals surface area contributed by atoms with Gasteiger partial charge in [-0.05, 0) is 49.2 Å². The molecule has 2 aromatic carbocycles. The van der Waals surface area contributed by atoms with E-state index in [1.165, 1.54) is 5.56 Å². The number of benzene rings is 2. The number of unbranched alkanes of at least 4 members (excludes halogenated alkanes) is 1. The van der Waals surface area contributed by atoms with Gasteiger partial charge in [-0.3, -0.25) is 4.90 Å². The van der Waals surface area contributed by atoms with Crippen molar-refractivity contribution in [2.75, 3.05) is 44.2 Å². The topological polar surface area (TPSA) is 46.4 Å². The fraction of sp³-hybridized carbons (Fsp3) is 0.391. The normalized spacial score (nSPS) is 14.8. The summed E-state index contributed by atoms with van der Waals surface area (Å²) in [6, 6.07) is 16.3. The van der Waals surface area contributed by atoms with Crippen molar-refractivity contribution in [3.63, 3.8) is 0 Å². The maximum Gasteiger partial charge on any atom is 0.137 e. The van der Waals surface area contributed by atoms with Gasteiger partial charge < -0.3 is 9.64 Å². The number of aromatic nitrogens is 3. The molecule has 1 aliphatic heterocycles. The summed E-state index contributed by atoms with van der Waals surface area (Å²) in [6.45, 7) is 6.82. The van der Waals surface area contributed by atoms with E-state index in [2.05, 4.69) is 44.1 Å². The molecule has 0 spiro atoms. The Morgan fingerprint density at radius 2 is 1.73 bits per heavy atom. The SMILES string of the molecule is Clc1ccccc1N1CCN(CCCCOc2ccc(Cn3cncn3)cc2)CC1. The molecule has 158 valence electrons. The lowest BCUT2D eigenvalue weighted by Crippen LogP contribution is -2.46. The molecule has 1 saturated heterocycles. The molecule has 2 heterocycles. The van der Waals surface area contributed by atoms with Crippen LogP contribution in [0.5, 0.6) is 5.75 Å². The Morgan fingerprint density at radius 3 is 2.47 bits per heavy atom. The van der Waals surface area contributed by atoms with E-state index in [9.17, 15) is 0 Å². The van der Waals surface area contributed by atoms with E-state index < -0.39 is 0 Å². The lowest BCUT2D eigenvalue weighted by molar-refractivity contribution is 0.238. The molecule has 0 atom stereocenters. The van der Waals surface area contributed by atoms with Crippen LogP contribution in [-0.2, 0) is 6.54 Å². The van der Waals surface area contributed by atoms with Gasteiger partial charge >= 0.3 is 0 Å². The predicted octanol–water partition coefficient (Wildman–Crippen LogP) is 3.96. The van der Waals surface area contributed by atoms with Gasteiger partial charge in [0.15, 0.2) is 0 Å². The van der Waals surface area contributed by atoms with E-state index in [4.69, 9.17) is 16.3 Å². The van der Waals surface area contributed by atoms with Crippen molar-refractivity contribution in [2.45, 2.75) is 19.4 Å². The fourth-order valence-corrected chi connectivity index (χ4v) is 4.00. The number of halogens is 1. The van der Waals surface area contributed by atoms with Crippen LogP contribution >= 0.6 is 11.6 Å². The molecule has 1 fully saturated rings. The highest BCUT2D eigenvalue weighted by atomic mass is 35.5. The first kappa shape index (κ1) is 20.7. The Kier molecular flexibility index (Phi) is 7.21. The zero-order chi connectivity index (χ0) is 20.6. The standard InChI is InChI=1S/C23H28ClN5O/c24-22-5-1-2-6-23(22)28-14-12-27(13-15-28)11-3-4-16-30-21-9-7-20(8-10-21)17-29-19-25-18-26-29/h1-2,5-10,18-19H,3-4,11-17H2. The minimum Gasteiger partial charge on any atom is -0.494 e. The first-order valence-corrected chi connectivity index (χ1v) is 10.9. The second kappa shape index (κ2) is 10.5. The zero-order valence-corrected chi connectivity index (χ0v) is 17.9. The molecule has 7 heteroatoms. The Hall–Kier alpha value is -2.57. The third kappa shape index (κ3) is 5.74. The third-order valence-corrected chi connectivity index (χ3v) is 5.76. The van der Waals surface area contributed by atoms with Gasteiger partial charge in [0.2, 0.25) is 0 Å². The smallest absolute Gasteiger partial charge is 0.137 e. The van der Waals surface area contributed by atoms with Gasteiger partial charge in [-0.15, -0.1) is 0 Å². The number of hydrogen-bond acceptors (Lipinski definition) is 5. The molecule has 0 saturated carbocycles. The molecule has 4 rings (SSSR count). The molecule has 1 aromatic heterocycles. The van der Waals surface area contributed by atoms with Crippen molar-refractivity contribution in [1.29, 1.82) is 0 Å². The Labute approximate surface area is 183 Å². The van der Waals surface area contributed by atoms with Crippen molar-refractivity contribution < 1.29 is 4.74 Å². The lowest BCUT2D eigenvalue weighted by Gasteiger charge is -2.36. The average molecular weight is 426 g/mol. The molecular weight excluding hydrogens is 398 g/mol. The third-order valence-electron chi connectivity index (χ3n) is 5.44. The van der Waals surface area contributed by atoms with E-state index in [0.717, 1.165) is 75.2 Å². The Balaban J connectivity index is 1.11. The van der Waals surface area contributed by atoms with Gasteiger partial charge in [0.05, 0.1) is 23.9 Å². The molecule has 0 amide bonds. The van der Waals surface area contributed by atoms with Crippen LogP contribution < -0.4 is 9.64 Å². The minimum absolute atomic E-state index is 0.726. The summed E-state index contributed by atoms with van der Waals surface area (Å²) in [5.41, 5.74) is 2.34. The van der Waals surface area contributed by atoms with Crippen molar-refractivity contribution in [1.82, 2.24) is 19.7 Å². The van der Waals surface area contributed by atoms with Gasteiger partial charge in [0.25, 0.3) is 0 Å². The second-order valence-corrected chi connectivity index (χ2v) is 7.98. The van der Waals surface area contributed by atoms with Crippen LogP contribution in [0.15, 0.2) is 61.2 Å². The molecule has 6 nitrogen and oxygen atoms in total. The van der Waals surface area contributed by atoms with Crippen molar-refractivity contribution in [3.05, 3.63) is 71.8 Å². The van der Waals surface area contributed by atoms with Crippen LogP contribution in [0.1, 0.15) is 18.4 Å². The van der Waals surface area contributed by atoms with E-state index >= 15 is 0 Å². The van der Waals surface area contributed by atoms with Crippen molar-refractivity contribution in [2.24, 2.45) is 0 Å². The first-order valence-electron chi connectivity index (χ1n) is 10.5. The number of para-hydroxylation sites is 1. The zero-order valence-electron chi connectivity index (χ0n) is 17.2. The number of rotatable bonds is 9. The molecule has 30 heavy (non-hydrogen) atoms. The average Bonchev–Trinajstić information content (AvgIpc) is 3.29. The quantitative estimate of drug-likeness (QED) is 0.485. The van der Waals surface area contributed by atoms with Gasteiger partial charge in [-0.25, -0.2) is 9.67 Å². The molecule has 0 aliphatic carbocycles. The van der Waals surface area contributed by atoms with Gasteiger partial charge in [0, 0.05) is 26.2 Å². The number of nitrogens with zero attached hydrogens (tertiary/aromatic N) is 5. The molecule has 0 radical (unpaired) electrons. The van der Waals surface area contributed by atoms with Crippen molar-refractivity contribution in [3.8, 4) is 5.75 Å². The van der Waals surface area contributed by atoms with E-state index in [0.29, 0.717) is 0 Å². The molecule has 1 aliphatic rings. The van der Waals surface area contributed by atoms with E-state index in [1.807, 2.05) is 28.9 Å². The Bertz CT molecular complexity index is 892. The van der Waals surface area contributed by atoms with E-state index in [1.54, 1.807) is 12.7 Å². The van der Waals surface area contributed by atoms with Crippen LogP contribution in [0.3, 0.4) is 0 Å². The lowest BCUT2D eigenvalue weighted by atomic mass is 10.2. The predicted molar refractivity (Wildman–Crippen MR) is 120 cm³/mol. The number of piperazine rings is 1. The summed E-state index contributed by atoms with van der Waals surface area (Å²) < 4.78 is 7.71. The first-order chi connectivity index (χ1) is 14.8. The summed E-state index contributed by atoms with van der Waals surface area (Å²) in [4.78, 5) is 8.88. The Morgan fingerprint density at radius 1 is 0.933 bits per heavy atom. The van der Waals surface area contributed by atoms with Gasteiger partial charge in [-0.1, -0.05) is 35.9 Å². The van der Waals surface area contributed by atoms with Gasteiger partial charge in [-0.2, -0.15) is 5.10 Å². The maximum atomic E-state index is 6.33.